The molecule has 0 atom stereocenters. The molecule has 35 heavy (non-hydrogen) atoms. The van der Waals surface area contributed by atoms with E-state index >= 15 is 0 Å². The van der Waals surface area contributed by atoms with E-state index in [9.17, 15) is 13.2 Å². The third-order valence-corrected chi connectivity index (χ3v) is 7.10. The van der Waals surface area contributed by atoms with Crippen molar-refractivity contribution in [2.24, 2.45) is 0 Å². The Morgan fingerprint density at radius 1 is 0.943 bits per heavy atom. The molecule has 3 aromatic carbocycles. The second kappa shape index (κ2) is 10.7. The van der Waals surface area contributed by atoms with Crippen molar-refractivity contribution in [1.29, 1.82) is 0 Å². The van der Waals surface area contributed by atoms with Gasteiger partial charge in [-0.25, -0.2) is 13.1 Å². The minimum absolute atomic E-state index is 0.0615. The number of aryl methyl sites for hydroxylation is 1. The van der Waals surface area contributed by atoms with Crippen LogP contribution in [0.25, 0.3) is 0 Å². The summed E-state index contributed by atoms with van der Waals surface area (Å²) in [6.07, 6.45) is 3.66. The van der Waals surface area contributed by atoms with E-state index in [4.69, 9.17) is 0 Å². The van der Waals surface area contributed by atoms with Crippen LogP contribution in [0.1, 0.15) is 32.6 Å². The molecular weight excluding hydrogens is 460 g/mol. The quantitative estimate of drug-likeness (QED) is 0.386. The van der Waals surface area contributed by atoms with Gasteiger partial charge in [-0.2, -0.15) is 5.10 Å². The molecule has 0 aliphatic carbocycles. The lowest BCUT2D eigenvalue weighted by molar-refractivity contribution is 0.0784. The van der Waals surface area contributed by atoms with E-state index < -0.39 is 10.0 Å². The molecule has 0 radical (unpaired) electrons. The number of rotatable bonds is 9. The van der Waals surface area contributed by atoms with Crippen LogP contribution in [0.3, 0.4) is 0 Å². The molecule has 0 aliphatic rings. The Kier molecular flexibility index (Phi) is 7.43. The van der Waals surface area contributed by atoms with E-state index in [1.807, 2.05) is 71.5 Å². The van der Waals surface area contributed by atoms with Crippen LogP contribution >= 0.6 is 0 Å². The van der Waals surface area contributed by atoms with E-state index in [0.29, 0.717) is 24.2 Å². The molecule has 1 aromatic heterocycles. The van der Waals surface area contributed by atoms with Gasteiger partial charge in [0.2, 0.25) is 10.0 Å². The fraction of sp³-hybridized carbons (Fsp3) is 0.185. The highest BCUT2D eigenvalue weighted by Crippen LogP contribution is 2.19. The van der Waals surface area contributed by atoms with Gasteiger partial charge in [0.15, 0.2) is 0 Å². The standard InChI is InChI=1S/C27H28N4O3S/c1-21-13-14-25(35(33,34)29-17-22-9-5-3-6-10-22)15-26(21)27(32)30(2)18-24-16-28-31(20-24)19-23-11-7-4-8-12-23/h3-16,20,29H,17-19H2,1-2H3. The summed E-state index contributed by atoms with van der Waals surface area (Å²) in [5.74, 6) is -0.251. The van der Waals surface area contributed by atoms with Crippen LogP contribution in [-0.4, -0.2) is 36.1 Å². The maximum absolute atomic E-state index is 13.2. The first-order valence-electron chi connectivity index (χ1n) is 11.3. The fourth-order valence-electron chi connectivity index (χ4n) is 3.75. The van der Waals surface area contributed by atoms with E-state index in [1.54, 1.807) is 31.1 Å². The number of benzene rings is 3. The van der Waals surface area contributed by atoms with E-state index in [2.05, 4.69) is 9.82 Å². The first kappa shape index (κ1) is 24.4. The summed E-state index contributed by atoms with van der Waals surface area (Å²) in [5, 5.41) is 4.40. The van der Waals surface area contributed by atoms with Crippen molar-refractivity contribution in [3.05, 3.63) is 119 Å². The van der Waals surface area contributed by atoms with Gasteiger partial charge in [0, 0.05) is 37.5 Å². The number of amides is 1. The summed E-state index contributed by atoms with van der Waals surface area (Å²) in [6.45, 7) is 2.98. The molecule has 0 saturated heterocycles. The van der Waals surface area contributed by atoms with Gasteiger partial charge in [0.25, 0.3) is 5.91 Å². The molecule has 7 nitrogen and oxygen atoms in total. The maximum Gasteiger partial charge on any atom is 0.254 e. The highest BCUT2D eigenvalue weighted by atomic mass is 32.2. The summed E-state index contributed by atoms with van der Waals surface area (Å²) < 4.78 is 30.2. The third-order valence-electron chi connectivity index (χ3n) is 5.70. The van der Waals surface area contributed by atoms with Gasteiger partial charge in [-0.05, 0) is 35.7 Å². The summed E-state index contributed by atoms with van der Waals surface area (Å²) in [6, 6.07) is 23.9. The second-order valence-electron chi connectivity index (χ2n) is 8.48. The molecule has 1 N–H and O–H groups in total. The molecule has 0 saturated carbocycles. The van der Waals surface area contributed by atoms with Crippen LogP contribution in [0.5, 0.6) is 0 Å². The summed E-state index contributed by atoms with van der Waals surface area (Å²) >= 11 is 0. The lowest BCUT2D eigenvalue weighted by Gasteiger charge is -2.18. The number of carbonyl (C=O) groups is 1. The molecule has 4 rings (SSSR count). The molecule has 0 bridgehead atoms. The van der Waals surface area contributed by atoms with Crippen LogP contribution in [0.15, 0.2) is 96.2 Å². The number of hydrogen-bond donors (Lipinski definition) is 1. The number of carbonyl (C=O) groups excluding carboxylic acids is 1. The van der Waals surface area contributed by atoms with Crippen LogP contribution in [-0.2, 0) is 29.7 Å². The fourth-order valence-corrected chi connectivity index (χ4v) is 4.80. The Hall–Kier alpha value is -3.75. The molecule has 0 aliphatic heterocycles. The van der Waals surface area contributed by atoms with E-state index in [1.165, 1.54) is 12.1 Å². The molecule has 1 heterocycles. The number of hydrogen-bond acceptors (Lipinski definition) is 4. The Bertz CT molecular complexity index is 1400. The largest absolute Gasteiger partial charge is 0.337 e. The average Bonchev–Trinajstić information content (AvgIpc) is 3.30. The molecule has 4 aromatic rings. The number of sulfonamides is 1. The van der Waals surface area contributed by atoms with Crippen molar-refractivity contribution in [1.82, 2.24) is 19.4 Å². The molecule has 0 spiro atoms. The van der Waals surface area contributed by atoms with Crippen molar-refractivity contribution < 1.29 is 13.2 Å². The Balaban J connectivity index is 1.44. The highest BCUT2D eigenvalue weighted by Gasteiger charge is 2.20. The molecule has 180 valence electrons. The van der Waals surface area contributed by atoms with Crippen molar-refractivity contribution in [2.75, 3.05) is 7.05 Å². The number of nitrogens with one attached hydrogen (secondary N) is 1. The predicted octanol–water partition coefficient (Wildman–Crippen LogP) is 3.99. The summed E-state index contributed by atoms with van der Waals surface area (Å²) in [7, 11) is -2.08. The Morgan fingerprint density at radius 2 is 1.60 bits per heavy atom. The molecular formula is C27H28N4O3S. The van der Waals surface area contributed by atoms with Crippen molar-refractivity contribution in [2.45, 2.75) is 31.5 Å². The summed E-state index contributed by atoms with van der Waals surface area (Å²) in [4.78, 5) is 14.8. The van der Waals surface area contributed by atoms with E-state index in [0.717, 1.165) is 16.7 Å². The van der Waals surface area contributed by atoms with Crippen molar-refractivity contribution in [3.8, 4) is 0 Å². The normalized spacial score (nSPS) is 11.4. The van der Waals surface area contributed by atoms with Gasteiger partial charge < -0.3 is 4.90 Å². The Labute approximate surface area is 206 Å². The van der Waals surface area contributed by atoms with Gasteiger partial charge in [-0.3, -0.25) is 9.48 Å². The zero-order valence-corrected chi connectivity index (χ0v) is 20.6. The maximum atomic E-state index is 13.2. The molecule has 1 amide bonds. The first-order chi connectivity index (χ1) is 16.8. The molecule has 8 heteroatoms. The van der Waals surface area contributed by atoms with Gasteiger partial charge in [0.1, 0.15) is 0 Å². The molecule has 0 unspecified atom stereocenters. The summed E-state index contributed by atoms with van der Waals surface area (Å²) in [5.41, 5.74) is 3.95. The first-order valence-corrected chi connectivity index (χ1v) is 12.7. The van der Waals surface area contributed by atoms with Crippen molar-refractivity contribution >= 4 is 15.9 Å². The second-order valence-corrected chi connectivity index (χ2v) is 10.2. The predicted molar refractivity (Wildman–Crippen MR) is 135 cm³/mol. The van der Waals surface area contributed by atoms with Gasteiger partial charge >= 0.3 is 0 Å². The lowest BCUT2D eigenvalue weighted by atomic mass is 10.1. The van der Waals surface area contributed by atoms with Crippen LogP contribution < -0.4 is 4.72 Å². The smallest absolute Gasteiger partial charge is 0.254 e. The Morgan fingerprint density at radius 3 is 2.29 bits per heavy atom. The molecule has 0 fully saturated rings. The minimum Gasteiger partial charge on any atom is -0.337 e. The van der Waals surface area contributed by atoms with E-state index in [-0.39, 0.29) is 17.3 Å². The number of nitrogens with zero attached hydrogens (tertiary/aromatic N) is 3. The monoisotopic (exact) mass is 488 g/mol. The van der Waals surface area contributed by atoms with Crippen molar-refractivity contribution in [3.63, 3.8) is 0 Å². The van der Waals surface area contributed by atoms with Crippen LogP contribution in [0.2, 0.25) is 0 Å². The topological polar surface area (TPSA) is 84.3 Å². The zero-order chi connectivity index (χ0) is 24.8. The van der Waals surface area contributed by atoms with Gasteiger partial charge in [0.05, 0.1) is 17.6 Å². The van der Waals surface area contributed by atoms with Gasteiger partial charge in [-0.1, -0.05) is 66.7 Å². The third kappa shape index (κ3) is 6.23. The lowest BCUT2D eigenvalue weighted by Crippen LogP contribution is -2.28. The highest BCUT2D eigenvalue weighted by molar-refractivity contribution is 7.89. The average molecular weight is 489 g/mol. The van der Waals surface area contributed by atoms with Gasteiger partial charge in [-0.15, -0.1) is 0 Å². The van der Waals surface area contributed by atoms with Crippen LogP contribution in [0.4, 0.5) is 0 Å². The SMILES string of the molecule is Cc1ccc(S(=O)(=O)NCc2ccccc2)cc1C(=O)N(C)Cc1cnn(Cc2ccccc2)c1. The van der Waals surface area contributed by atoms with Crippen LogP contribution in [0, 0.1) is 6.92 Å². The minimum atomic E-state index is -3.78. The number of aromatic nitrogens is 2. The zero-order valence-electron chi connectivity index (χ0n) is 19.8.